The van der Waals surface area contributed by atoms with Crippen molar-refractivity contribution in [3.63, 3.8) is 0 Å². The van der Waals surface area contributed by atoms with Crippen LogP contribution in [0.2, 0.25) is 0 Å². The van der Waals surface area contributed by atoms with Crippen molar-refractivity contribution < 1.29 is 10.0 Å². The second-order valence-electron chi connectivity index (χ2n) is 4.20. The van der Waals surface area contributed by atoms with Gasteiger partial charge >= 0.3 is 0 Å². The van der Waals surface area contributed by atoms with Crippen molar-refractivity contribution in [3.8, 4) is 0 Å². The Labute approximate surface area is 106 Å². The monoisotopic (exact) mass is 301 g/mol. The molecule has 0 radical (unpaired) electrons. The fourth-order valence-electron chi connectivity index (χ4n) is 1.80. The summed E-state index contributed by atoms with van der Waals surface area (Å²) in [7, 11) is 0. The largest absolute Gasteiger partial charge is 0.394 e. The highest BCUT2D eigenvalue weighted by molar-refractivity contribution is 9.10. The minimum Gasteiger partial charge on any atom is -0.394 e. The van der Waals surface area contributed by atoms with Gasteiger partial charge in [0.1, 0.15) is 12.0 Å². The Kier molecular flexibility index (Phi) is 3.30. The summed E-state index contributed by atoms with van der Waals surface area (Å²) in [5.74, 6) is 0.532. The van der Waals surface area contributed by atoms with Crippen LogP contribution in [-0.2, 0) is 0 Å². The lowest BCUT2D eigenvalue weighted by Gasteiger charge is -2.41. The molecule has 1 aliphatic rings. The van der Waals surface area contributed by atoms with Crippen LogP contribution in [0.4, 0.5) is 11.5 Å². The maximum absolute atomic E-state index is 10.6. The smallest absolute Gasteiger partial charge is 0.288 e. The zero-order valence-electron chi connectivity index (χ0n) is 9.02. The van der Waals surface area contributed by atoms with Crippen LogP contribution in [0.3, 0.4) is 0 Å². The van der Waals surface area contributed by atoms with E-state index in [1.54, 1.807) is 0 Å². The Morgan fingerprint density at radius 2 is 2.35 bits per heavy atom. The molecule has 0 spiro atoms. The van der Waals surface area contributed by atoms with E-state index >= 15 is 0 Å². The van der Waals surface area contributed by atoms with Gasteiger partial charge in [-0.25, -0.2) is 4.98 Å². The Hall–Kier alpha value is -1.21. The first-order chi connectivity index (χ1) is 8.06. The highest BCUT2D eigenvalue weighted by Gasteiger charge is 2.37. The van der Waals surface area contributed by atoms with Crippen LogP contribution in [0.15, 0.2) is 16.7 Å². The quantitative estimate of drug-likeness (QED) is 0.656. The highest BCUT2D eigenvalue weighted by Crippen LogP contribution is 2.36. The predicted octanol–water partition coefficient (Wildman–Crippen LogP) is 2.08. The number of hydrogen-bond donors (Lipinski definition) is 2. The molecule has 1 fully saturated rings. The topological polar surface area (TPSA) is 88.3 Å². The molecule has 1 saturated carbocycles. The van der Waals surface area contributed by atoms with Crippen molar-refractivity contribution >= 4 is 27.4 Å². The predicted molar refractivity (Wildman–Crippen MR) is 65.9 cm³/mol. The summed E-state index contributed by atoms with van der Waals surface area (Å²) in [6.07, 6.45) is 4.04. The van der Waals surface area contributed by atoms with Crippen LogP contribution in [-0.4, -0.2) is 27.2 Å². The zero-order valence-corrected chi connectivity index (χ0v) is 10.6. The first-order valence-corrected chi connectivity index (χ1v) is 6.05. The summed E-state index contributed by atoms with van der Waals surface area (Å²) in [6.45, 7) is 0.0398. The molecule has 0 aliphatic heterocycles. The lowest BCUT2D eigenvalue weighted by atomic mass is 9.77. The van der Waals surface area contributed by atoms with Gasteiger partial charge in [-0.1, -0.05) is 0 Å². The minimum atomic E-state index is -0.493. The van der Waals surface area contributed by atoms with E-state index in [9.17, 15) is 15.2 Å². The van der Waals surface area contributed by atoms with E-state index in [4.69, 9.17) is 0 Å². The number of hydrogen-bond acceptors (Lipinski definition) is 5. The maximum Gasteiger partial charge on any atom is 0.288 e. The Balaban J connectivity index is 2.19. The molecular weight excluding hydrogens is 290 g/mol. The molecule has 1 aromatic heterocycles. The van der Waals surface area contributed by atoms with Crippen molar-refractivity contribution in [1.29, 1.82) is 0 Å². The summed E-state index contributed by atoms with van der Waals surface area (Å²) in [6, 6.07) is 1.40. The molecule has 1 heterocycles. The van der Waals surface area contributed by atoms with Gasteiger partial charge in [-0.15, -0.1) is 0 Å². The number of halogens is 1. The zero-order chi connectivity index (χ0) is 12.5. The standard InChI is InChI=1S/C10H12BrN3O3/c11-8-4-7(14(16)17)5-12-9(8)13-10(6-15)2-1-3-10/h4-5,15H,1-3,6H2,(H,12,13). The molecule has 0 bridgehead atoms. The number of rotatable bonds is 4. The van der Waals surface area contributed by atoms with Gasteiger partial charge in [0.2, 0.25) is 0 Å². The van der Waals surface area contributed by atoms with Crippen LogP contribution in [0.5, 0.6) is 0 Å². The lowest BCUT2D eigenvalue weighted by Crippen LogP contribution is -2.48. The summed E-state index contributed by atoms with van der Waals surface area (Å²) < 4.78 is 0.534. The molecule has 2 rings (SSSR count). The summed E-state index contributed by atoms with van der Waals surface area (Å²) in [5.41, 5.74) is -0.375. The molecule has 0 amide bonds. The fourth-order valence-corrected chi connectivity index (χ4v) is 2.23. The molecular formula is C10H12BrN3O3. The Morgan fingerprint density at radius 3 is 2.76 bits per heavy atom. The normalized spacial score (nSPS) is 17.3. The number of pyridine rings is 1. The molecule has 6 nitrogen and oxygen atoms in total. The van der Waals surface area contributed by atoms with Crippen LogP contribution < -0.4 is 5.32 Å². The van der Waals surface area contributed by atoms with Gasteiger partial charge in [-0.3, -0.25) is 10.1 Å². The minimum absolute atomic E-state index is 0.0398. The van der Waals surface area contributed by atoms with Crippen LogP contribution in [0.1, 0.15) is 19.3 Å². The Morgan fingerprint density at radius 1 is 1.65 bits per heavy atom. The van der Waals surface area contributed by atoms with Crippen LogP contribution in [0.25, 0.3) is 0 Å². The number of aliphatic hydroxyl groups is 1. The van der Waals surface area contributed by atoms with Gasteiger partial charge < -0.3 is 10.4 Å². The molecule has 17 heavy (non-hydrogen) atoms. The number of aliphatic hydroxyl groups excluding tert-OH is 1. The van der Waals surface area contributed by atoms with E-state index in [0.29, 0.717) is 10.3 Å². The van der Waals surface area contributed by atoms with Gasteiger partial charge in [0.05, 0.1) is 21.5 Å². The van der Waals surface area contributed by atoms with Crippen LogP contribution in [0, 0.1) is 10.1 Å². The maximum atomic E-state index is 10.6. The van der Waals surface area contributed by atoms with E-state index in [1.165, 1.54) is 12.3 Å². The van der Waals surface area contributed by atoms with E-state index in [0.717, 1.165) is 19.3 Å². The van der Waals surface area contributed by atoms with Crippen molar-refractivity contribution in [2.45, 2.75) is 24.8 Å². The van der Waals surface area contributed by atoms with Crippen molar-refractivity contribution in [2.24, 2.45) is 0 Å². The molecule has 0 unspecified atom stereocenters. The molecule has 1 aliphatic carbocycles. The average molecular weight is 302 g/mol. The molecule has 2 N–H and O–H groups in total. The Bertz CT molecular complexity index is 443. The third kappa shape index (κ3) is 2.39. The van der Waals surface area contributed by atoms with Gasteiger partial charge in [-0.05, 0) is 35.2 Å². The first kappa shape index (κ1) is 12.3. The second-order valence-corrected chi connectivity index (χ2v) is 5.05. The molecule has 0 saturated heterocycles. The summed E-state index contributed by atoms with van der Waals surface area (Å²) in [4.78, 5) is 14.1. The van der Waals surface area contributed by atoms with Gasteiger partial charge in [0.15, 0.2) is 0 Å². The molecule has 0 aromatic carbocycles. The molecule has 0 atom stereocenters. The number of nitro groups is 1. The third-order valence-electron chi connectivity index (χ3n) is 3.03. The molecule has 7 heteroatoms. The fraction of sp³-hybridized carbons (Fsp3) is 0.500. The van der Waals surface area contributed by atoms with Gasteiger partial charge in [-0.2, -0.15) is 0 Å². The van der Waals surface area contributed by atoms with Crippen molar-refractivity contribution in [1.82, 2.24) is 4.98 Å². The van der Waals surface area contributed by atoms with Crippen molar-refractivity contribution in [2.75, 3.05) is 11.9 Å². The average Bonchev–Trinajstić information content (AvgIpc) is 2.25. The van der Waals surface area contributed by atoms with E-state index in [-0.39, 0.29) is 17.8 Å². The number of anilines is 1. The van der Waals surface area contributed by atoms with Gasteiger partial charge in [0.25, 0.3) is 5.69 Å². The van der Waals surface area contributed by atoms with Crippen LogP contribution >= 0.6 is 15.9 Å². The molecule has 92 valence electrons. The number of nitrogens with zero attached hydrogens (tertiary/aromatic N) is 2. The van der Waals surface area contributed by atoms with Crippen molar-refractivity contribution in [3.05, 3.63) is 26.9 Å². The second kappa shape index (κ2) is 4.58. The first-order valence-electron chi connectivity index (χ1n) is 5.25. The van der Waals surface area contributed by atoms with E-state index < -0.39 is 4.92 Å². The number of aromatic nitrogens is 1. The third-order valence-corrected chi connectivity index (χ3v) is 3.64. The van der Waals surface area contributed by atoms with Gasteiger partial charge in [0, 0.05) is 6.07 Å². The molecule has 1 aromatic rings. The van der Waals surface area contributed by atoms with E-state index in [2.05, 4.69) is 26.2 Å². The highest BCUT2D eigenvalue weighted by atomic mass is 79.9. The lowest BCUT2D eigenvalue weighted by molar-refractivity contribution is -0.385. The SMILES string of the molecule is O=[N+]([O-])c1cnc(NC2(CO)CCC2)c(Br)c1. The summed E-state index contributed by atoms with van der Waals surface area (Å²) >= 11 is 3.24. The number of nitrogens with one attached hydrogen (secondary N) is 1. The summed E-state index contributed by atoms with van der Waals surface area (Å²) in [5, 5.41) is 23.0. The van der Waals surface area contributed by atoms with E-state index in [1.807, 2.05) is 0 Å².